The van der Waals surface area contributed by atoms with Crippen LogP contribution in [-0.2, 0) is 13.0 Å². The highest BCUT2D eigenvalue weighted by Gasteiger charge is 2.19. The number of rotatable bonds is 4. The lowest BCUT2D eigenvalue weighted by Crippen LogP contribution is -2.30. The molecule has 148 valence electrons. The predicted molar refractivity (Wildman–Crippen MR) is 116 cm³/mol. The third-order valence-electron chi connectivity index (χ3n) is 5.00. The summed E-state index contributed by atoms with van der Waals surface area (Å²) in [5.74, 6) is 0.821. The first-order chi connectivity index (χ1) is 13.9. The van der Waals surface area contributed by atoms with Gasteiger partial charge >= 0.3 is 0 Å². The Labute approximate surface area is 178 Å². The van der Waals surface area contributed by atoms with Crippen molar-refractivity contribution in [2.75, 3.05) is 11.4 Å². The number of non-ortho nitro benzene ring substituents is 1. The number of nitro benzene ring substituents is 1. The highest BCUT2D eigenvalue weighted by molar-refractivity contribution is 6.37. The Hall–Kier alpha value is -2.76. The lowest BCUT2D eigenvalue weighted by Gasteiger charge is -2.31. The minimum absolute atomic E-state index is 0.104. The van der Waals surface area contributed by atoms with E-state index in [1.165, 1.54) is 34.5 Å². The average molecular weight is 429 g/mol. The Morgan fingerprint density at radius 1 is 1.00 bits per heavy atom. The standard InChI is InChI=1S/C22H18Cl2N2O3/c1-14-2-5-17(6-3-14)25-9-8-15-10-19(7-4-16(15)13-25)29-22-20(23)11-18(26(27)28)12-21(22)24/h2-7,10-12H,8-9,13H2,1H3. The molecular weight excluding hydrogens is 411 g/mol. The number of ether oxygens (including phenoxy) is 1. The summed E-state index contributed by atoms with van der Waals surface area (Å²) in [6, 6.07) is 16.9. The van der Waals surface area contributed by atoms with E-state index in [1.807, 2.05) is 18.2 Å². The number of nitrogens with zero attached hydrogens (tertiary/aromatic N) is 2. The molecule has 29 heavy (non-hydrogen) atoms. The van der Waals surface area contributed by atoms with E-state index in [-0.39, 0.29) is 21.5 Å². The van der Waals surface area contributed by atoms with Crippen molar-refractivity contribution in [1.82, 2.24) is 0 Å². The minimum Gasteiger partial charge on any atom is -0.454 e. The number of anilines is 1. The zero-order chi connectivity index (χ0) is 20.5. The monoisotopic (exact) mass is 428 g/mol. The Kier molecular flexibility index (Phi) is 5.35. The summed E-state index contributed by atoms with van der Waals surface area (Å²) in [7, 11) is 0. The number of fused-ring (bicyclic) bond motifs is 1. The molecule has 0 bridgehead atoms. The van der Waals surface area contributed by atoms with E-state index in [1.54, 1.807) is 0 Å². The van der Waals surface area contributed by atoms with E-state index in [9.17, 15) is 10.1 Å². The zero-order valence-corrected chi connectivity index (χ0v) is 17.2. The molecular formula is C22H18Cl2N2O3. The van der Waals surface area contributed by atoms with Crippen molar-refractivity contribution >= 4 is 34.6 Å². The second-order valence-electron chi connectivity index (χ2n) is 7.04. The fourth-order valence-corrected chi connectivity index (χ4v) is 3.99. The molecule has 0 fully saturated rings. The van der Waals surface area contributed by atoms with Crippen LogP contribution in [0.15, 0.2) is 54.6 Å². The van der Waals surface area contributed by atoms with E-state index < -0.39 is 4.92 Å². The molecule has 3 aromatic carbocycles. The second-order valence-corrected chi connectivity index (χ2v) is 7.85. The molecule has 0 saturated carbocycles. The maximum absolute atomic E-state index is 10.9. The van der Waals surface area contributed by atoms with Gasteiger partial charge in [0.05, 0.1) is 15.0 Å². The zero-order valence-electron chi connectivity index (χ0n) is 15.7. The first kappa shape index (κ1) is 19.6. The average Bonchev–Trinajstić information content (AvgIpc) is 2.70. The van der Waals surface area contributed by atoms with Crippen LogP contribution in [0.3, 0.4) is 0 Å². The molecule has 0 unspecified atom stereocenters. The molecule has 0 radical (unpaired) electrons. The summed E-state index contributed by atoms with van der Waals surface area (Å²) in [6.45, 7) is 3.83. The lowest BCUT2D eigenvalue weighted by molar-refractivity contribution is -0.384. The van der Waals surface area contributed by atoms with Crippen molar-refractivity contribution in [3.8, 4) is 11.5 Å². The minimum atomic E-state index is -0.541. The van der Waals surface area contributed by atoms with Gasteiger partial charge in [0.2, 0.25) is 0 Å². The molecule has 1 aliphatic heterocycles. The van der Waals surface area contributed by atoms with Crippen molar-refractivity contribution in [2.45, 2.75) is 19.9 Å². The van der Waals surface area contributed by atoms with Gasteiger partial charge in [-0.05, 0) is 48.7 Å². The third-order valence-corrected chi connectivity index (χ3v) is 5.56. The normalized spacial score (nSPS) is 13.1. The number of hydrogen-bond donors (Lipinski definition) is 0. The van der Waals surface area contributed by atoms with Crippen LogP contribution in [-0.4, -0.2) is 11.5 Å². The molecule has 0 spiro atoms. The molecule has 0 aliphatic carbocycles. The second kappa shape index (κ2) is 7.93. The van der Waals surface area contributed by atoms with Crippen LogP contribution in [0, 0.1) is 17.0 Å². The summed E-state index contributed by atoms with van der Waals surface area (Å²) >= 11 is 12.3. The summed E-state index contributed by atoms with van der Waals surface area (Å²) in [4.78, 5) is 12.7. The maximum atomic E-state index is 10.9. The van der Waals surface area contributed by atoms with Gasteiger partial charge in [-0.3, -0.25) is 10.1 Å². The SMILES string of the molecule is Cc1ccc(N2CCc3cc(Oc4c(Cl)cc([N+](=O)[O-])cc4Cl)ccc3C2)cc1. The molecule has 0 amide bonds. The largest absolute Gasteiger partial charge is 0.454 e. The number of nitro groups is 1. The highest BCUT2D eigenvalue weighted by atomic mass is 35.5. The predicted octanol–water partition coefficient (Wildman–Crippen LogP) is 6.57. The van der Waals surface area contributed by atoms with Crippen LogP contribution in [0.25, 0.3) is 0 Å². The molecule has 0 saturated heterocycles. The van der Waals surface area contributed by atoms with Gasteiger partial charge in [-0.2, -0.15) is 0 Å². The first-order valence-corrected chi connectivity index (χ1v) is 9.91. The summed E-state index contributed by atoms with van der Waals surface area (Å²) in [5.41, 5.74) is 4.74. The quantitative estimate of drug-likeness (QED) is 0.348. The van der Waals surface area contributed by atoms with E-state index >= 15 is 0 Å². The number of benzene rings is 3. The topological polar surface area (TPSA) is 55.6 Å². The van der Waals surface area contributed by atoms with Gasteiger partial charge < -0.3 is 9.64 Å². The fourth-order valence-electron chi connectivity index (χ4n) is 3.44. The van der Waals surface area contributed by atoms with Gasteiger partial charge in [-0.25, -0.2) is 0 Å². The Bertz CT molecular complexity index is 1060. The smallest absolute Gasteiger partial charge is 0.272 e. The highest BCUT2D eigenvalue weighted by Crippen LogP contribution is 2.40. The molecule has 1 aliphatic rings. The molecule has 5 nitrogen and oxygen atoms in total. The van der Waals surface area contributed by atoms with Crippen LogP contribution in [0.2, 0.25) is 10.0 Å². The van der Waals surface area contributed by atoms with E-state index in [0.717, 1.165) is 19.5 Å². The first-order valence-electron chi connectivity index (χ1n) is 9.15. The van der Waals surface area contributed by atoms with Crippen LogP contribution >= 0.6 is 23.2 Å². The molecule has 7 heteroatoms. The molecule has 0 atom stereocenters. The van der Waals surface area contributed by atoms with Crippen molar-refractivity contribution in [3.63, 3.8) is 0 Å². The van der Waals surface area contributed by atoms with Crippen LogP contribution in [0.1, 0.15) is 16.7 Å². The molecule has 3 aromatic rings. The van der Waals surface area contributed by atoms with Gasteiger partial charge in [0.15, 0.2) is 5.75 Å². The van der Waals surface area contributed by atoms with Crippen LogP contribution in [0.4, 0.5) is 11.4 Å². The Morgan fingerprint density at radius 3 is 2.34 bits per heavy atom. The van der Waals surface area contributed by atoms with E-state index in [4.69, 9.17) is 27.9 Å². The van der Waals surface area contributed by atoms with Crippen molar-refractivity contribution < 1.29 is 9.66 Å². The number of hydrogen-bond acceptors (Lipinski definition) is 4. The van der Waals surface area contributed by atoms with Crippen molar-refractivity contribution in [2.24, 2.45) is 0 Å². The third kappa shape index (κ3) is 4.16. The molecule has 1 heterocycles. The summed E-state index contributed by atoms with van der Waals surface area (Å²) in [5, 5.41) is 11.1. The summed E-state index contributed by atoms with van der Waals surface area (Å²) < 4.78 is 5.87. The van der Waals surface area contributed by atoms with Gasteiger partial charge in [0.1, 0.15) is 5.75 Å². The van der Waals surface area contributed by atoms with E-state index in [2.05, 4.69) is 36.1 Å². The van der Waals surface area contributed by atoms with Gasteiger partial charge in [-0.15, -0.1) is 0 Å². The number of aryl methyl sites for hydroxylation is 1. The van der Waals surface area contributed by atoms with Crippen LogP contribution in [0.5, 0.6) is 11.5 Å². The van der Waals surface area contributed by atoms with Crippen molar-refractivity contribution in [3.05, 3.63) is 91.4 Å². The van der Waals surface area contributed by atoms with Gasteiger partial charge in [0, 0.05) is 30.9 Å². The molecule has 0 N–H and O–H groups in total. The van der Waals surface area contributed by atoms with Crippen LogP contribution < -0.4 is 9.64 Å². The fraction of sp³-hybridized carbons (Fsp3) is 0.182. The van der Waals surface area contributed by atoms with Gasteiger partial charge in [0.25, 0.3) is 5.69 Å². The molecule has 0 aromatic heterocycles. The Morgan fingerprint density at radius 2 is 1.69 bits per heavy atom. The van der Waals surface area contributed by atoms with Crippen molar-refractivity contribution in [1.29, 1.82) is 0 Å². The Balaban J connectivity index is 1.54. The lowest BCUT2D eigenvalue weighted by atomic mass is 9.99. The van der Waals surface area contributed by atoms with E-state index in [0.29, 0.717) is 5.75 Å². The number of halogens is 2. The van der Waals surface area contributed by atoms with Gasteiger partial charge in [-0.1, -0.05) is 47.0 Å². The maximum Gasteiger partial charge on any atom is 0.272 e. The summed E-state index contributed by atoms with van der Waals surface area (Å²) in [6.07, 6.45) is 0.891. The molecule has 4 rings (SSSR count).